The van der Waals surface area contributed by atoms with E-state index < -0.39 is 6.61 Å². The molecule has 0 saturated heterocycles. The van der Waals surface area contributed by atoms with Crippen molar-refractivity contribution in [2.45, 2.75) is 19.1 Å². The van der Waals surface area contributed by atoms with Crippen molar-refractivity contribution < 1.29 is 13.5 Å². The minimum Gasteiger partial charge on any atom is -0.434 e. The van der Waals surface area contributed by atoms with Gasteiger partial charge in [0, 0.05) is 12.1 Å². The van der Waals surface area contributed by atoms with Crippen LogP contribution in [-0.2, 0) is 0 Å². The summed E-state index contributed by atoms with van der Waals surface area (Å²) in [6.07, 6.45) is 0.699. The maximum absolute atomic E-state index is 12.3. The molecule has 7 heteroatoms. The minimum atomic E-state index is -2.83. The Morgan fingerprint density at radius 1 is 1.39 bits per heavy atom. The van der Waals surface area contributed by atoms with E-state index in [0.29, 0.717) is 24.5 Å². The first-order chi connectivity index (χ1) is 8.16. The van der Waals surface area contributed by atoms with Crippen LogP contribution in [-0.4, -0.2) is 19.1 Å². The number of halogens is 3. The summed E-state index contributed by atoms with van der Waals surface area (Å²) in [4.78, 5) is 3.99. The van der Waals surface area contributed by atoms with Crippen molar-refractivity contribution in [1.82, 2.24) is 5.32 Å². The molecule has 0 saturated carbocycles. The van der Waals surface area contributed by atoms with Gasteiger partial charge in [-0.1, -0.05) is 18.2 Å². The van der Waals surface area contributed by atoms with Gasteiger partial charge in [-0.3, -0.25) is 4.99 Å². The average molecular weight is 278 g/mol. The molecule has 0 radical (unpaired) electrons. The Balaban J connectivity index is 0.00000162. The Labute approximate surface area is 110 Å². The number of rotatable bonds is 3. The van der Waals surface area contributed by atoms with Crippen LogP contribution in [0.1, 0.15) is 18.0 Å². The molecule has 1 aliphatic rings. The third-order valence-corrected chi connectivity index (χ3v) is 2.53. The van der Waals surface area contributed by atoms with E-state index in [4.69, 9.17) is 5.73 Å². The summed E-state index contributed by atoms with van der Waals surface area (Å²) in [6.45, 7) is -2.25. The van der Waals surface area contributed by atoms with Crippen molar-refractivity contribution >= 4 is 18.4 Å². The van der Waals surface area contributed by atoms with Gasteiger partial charge in [-0.2, -0.15) is 8.78 Å². The summed E-state index contributed by atoms with van der Waals surface area (Å²) in [6, 6.07) is 6.56. The lowest BCUT2D eigenvalue weighted by Crippen LogP contribution is -2.38. The smallest absolute Gasteiger partial charge is 0.387 e. The van der Waals surface area contributed by atoms with Crippen molar-refractivity contribution in [2.75, 3.05) is 6.54 Å². The van der Waals surface area contributed by atoms with Crippen LogP contribution in [0.15, 0.2) is 29.3 Å². The first-order valence-electron chi connectivity index (χ1n) is 5.27. The van der Waals surface area contributed by atoms with Gasteiger partial charge in [-0.25, -0.2) is 0 Å². The molecule has 0 bridgehead atoms. The lowest BCUT2D eigenvalue weighted by molar-refractivity contribution is -0.0506. The number of para-hydroxylation sites is 1. The van der Waals surface area contributed by atoms with E-state index in [0.717, 1.165) is 0 Å². The lowest BCUT2D eigenvalue weighted by Gasteiger charge is -2.24. The number of ether oxygens (including phenoxy) is 1. The van der Waals surface area contributed by atoms with Gasteiger partial charge in [-0.15, -0.1) is 12.4 Å². The SMILES string of the molecule is Cl.NC1=NCCC(c2ccccc2OC(F)F)N1. The van der Waals surface area contributed by atoms with Gasteiger partial charge in [0.25, 0.3) is 0 Å². The van der Waals surface area contributed by atoms with Crippen molar-refractivity contribution in [1.29, 1.82) is 0 Å². The number of nitrogens with two attached hydrogens (primary N) is 1. The molecule has 0 spiro atoms. The number of nitrogens with one attached hydrogen (secondary N) is 1. The van der Waals surface area contributed by atoms with Gasteiger partial charge >= 0.3 is 6.61 Å². The van der Waals surface area contributed by atoms with Crippen molar-refractivity contribution in [2.24, 2.45) is 10.7 Å². The van der Waals surface area contributed by atoms with Crippen LogP contribution in [0.2, 0.25) is 0 Å². The normalized spacial score (nSPS) is 18.6. The van der Waals surface area contributed by atoms with Gasteiger partial charge < -0.3 is 15.8 Å². The highest BCUT2D eigenvalue weighted by Gasteiger charge is 2.20. The van der Waals surface area contributed by atoms with Crippen LogP contribution in [0.4, 0.5) is 8.78 Å². The molecule has 1 aromatic carbocycles. The van der Waals surface area contributed by atoms with Crippen LogP contribution in [0.5, 0.6) is 5.75 Å². The van der Waals surface area contributed by atoms with Crippen LogP contribution < -0.4 is 15.8 Å². The van der Waals surface area contributed by atoms with E-state index in [2.05, 4.69) is 15.0 Å². The summed E-state index contributed by atoms with van der Waals surface area (Å²) >= 11 is 0. The molecule has 1 unspecified atom stereocenters. The van der Waals surface area contributed by atoms with Gasteiger partial charge in [0.1, 0.15) is 5.75 Å². The first-order valence-corrected chi connectivity index (χ1v) is 5.27. The maximum Gasteiger partial charge on any atom is 0.387 e. The fraction of sp³-hybridized carbons (Fsp3) is 0.364. The molecule has 1 heterocycles. The molecule has 0 amide bonds. The van der Waals surface area contributed by atoms with Gasteiger partial charge in [0.2, 0.25) is 0 Å². The van der Waals surface area contributed by atoms with E-state index >= 15 is 0 Å². The largest absolute Gasteiger partial charge is 0.434 e. The highest BCUT2D eigenvalue weighted by Crippen LogP contribution is 2.29. The lowest BCUT2D eigenvalue weighted by atomic mass is 10.0. The van der Waals surface area contributed by atoms with E-state index in [9.17, 15) is 8.78 Å². The summed E-state index contributed by atoms with van der Waals surface area (Å²) in [7, 11) is 0. The summed E-state index contributed by atoms with van der Waals surface area (Å²) in [5.74, 6) is 0.503. The van der Waals surface area contributed by atoms with Crippen LogP contribution in [0.25, 0.3) is 0 Å². The van der Waals surface area contributed by atoms with Crippen LogP contribution in [0.3, 0.4) is 0 Å². The van der Waals surface area contributed by atoms with Crippen molar-refractivity contribution in [3.05, 3.63) is 29.8 Å². The molecule has 100 valence electrons. The number of guanidine groups is 1. The van der Waals surface area contributed by atoms with Crippen molar-refractivity contribution in [3.8, 4) is 5.75 Å². The predicted octanol–water partition coefficient (Wildman–Crippen LogP) is 2.06. The predicted molar refractivity (Wildman–Crippen MR) is 67.3 cm³/mol. The Bertz CT molecular complexity index is 429. The van der Waals surface area contributed by atoms with Crippen LogP contribution in [0, 0.1) is 0 Å². The molecule has 1 aliphatic heterocycles. The standard InChI is InChI=1S/C11H13F2N3O.ClH/c12-10(13)17-9-4-2-1-3-7(9)8-5-6-15-11(14)16-8;/h1-4,8,10H,5-6H2,(H3,14,15,16);1H. The maximum atomic E-state index is 12.3. The molecule has 18 heavy (non-hydrogen) atoms. The number of hydrogen-bond acceptors (Lipinski definition) is 4. The number of aliphatic imine (C=N–C) groups is 1. The second-order valence-electron chi connectivity index (χ2n) is 3.67. The van der Waals surface area contributed by atoms with Gasteiger partial charge in [0.15, 0.2) is 5.96 Å². The molecule has 2 rings (SSSR count). The highest BCUT2D eigenvalue weighted by atomic mass is 35.5. The van der Waals surface area contributed by atoms with E-state index in [1.165, 1.54) is 6.07 Å². The zero-order valence-electron chi connectivity index (χ0n) is 9.48. The summed E-state index contributed by atoms with van der Waals surface area (Å²) in [5, 5.41) is 2.95. The fourth-order valence-corrected chi connectivity index (χ4v) is 1.82. The molecule has 1 atom stereocenters. The summed E-state index contributed by atoms with van der Waals surface area (Å²) in [5.41, 5.74) is 6.24. The molecule has 1 aromatic rings. The molecular formula is C11H14ClF2N3O. The molecule has 0 fully saturated rings. The Kier molecular flexibility index (Phi) is 5.15. The Morgan fingerprint density at radius 2 is 2.11 bits per heavy atom. The van der Waals surface area contributed by atoms with Crippen LogP contribution >= 0.6 is 12.4 Å². The molecule has 4 nitrogen and oxygen atoms in total. The summed E-state index contributed by atoms with van der Waals surface area (Å²) < 4.78 is 29.0. The van der Waals surface area contributed by atoms with E-state index in [-0.39, 0.29) is 24.2 Å². The fourth-order valence-electron chi connectivity index (χ4n) is 1.82. The average Bonchev–Trinajstić information content (AvgIpc) is 2.29. The number of hydrogen-bond donors (Lipinski definition) is 2. The van der Waals surface area contributed by atoms with E-state index in [1.807, 2.05) is 0 Å². The molecular weight excluding hydrogens is 264 g/mol. The zero-order valence-corrected chi connectivity index (χ0v) is 10.3. The van der Waals surface area contributed by atoms with Gasteiger partial charge in [0.05, 0.1) is 6.04 Å². The monoisotopic (exact) mass is 277 g/mol. The highest BCUT2D eigenvalue weighted by molar-refractivity contribution is 5.85. The third kappa shape index (κ3) is 3.46. The first kappa shape index (κ1) is 14.5. The third-order valence-electron chi connectivity index (χ3n) is 2.53. The molecule has 3 N–H and O–H groups in total. The zero-order chi connectivity index (χ0) is 12.3. The number of alkyl halides is 2. The minimum absolute atomic E-state index is 0. The Morgan fingerprint density at radius 3 is 2.78 bits per heavy atom. The number of nitrogens with zero attached hydrogens (tertiary/aromatic N) is 1. The second-order valence-corrected chi connectivity index (χ2v) is 3.67. The topological polar surface area (TPSA) is 59.6 Å². The molecule has 0 aromatic heterocycles. The quantitative estimate of drug-likeness (QED) is 0.889. The van der Waals surface area contributed by atoms with E-state index in [1.54, 1.807) is 18.2 Å². The van der Waals surface area contributed by atoms with Gasteiger partial charge in [-0.05, 0) is 12.5 Å². The second kappa shape index (κ2) is 6.39. The Hall–Kier alpha value is -1.56. The number of benzene rings is 1. The van der Waals surface area contributed by atoms with Crippen molar-refractivity contribution in [3.63, 3.8) is 0 Å². The molecule has 0 aliphatic carbocycles.